The molecule has 0 bridgehead atoms. The Hall–Kier alpha value is -2.07. The van der Waals surface area contributed by atoms with Gasteiger partial charge in [-0.25, -0.2) is 9.18 Å². The molecular weight excluding hydrogens is 269 g/mol. The lowest BCUT2D eigenvalue weighted by Gasteiger charge is -2.09. The fourth-order valence-corrected chi connectivity index (χ4v) is 2.23. The van der Waals surface area contributed by atoms with Crippen molar-refractivity contribution in [3.63, 3.8) is 0 Å². The lowest BCUT2D eigenvalue weighted by molar-refractivity contribution is 0.555. The number of oxazole rings is 1. The van der Waals surface area contributed by atoms with Crippen LogP contribution in [-0.2, 0) is 0 Å². The van der Waals surface area contributed by atoms with E-state index in [1.54, 1.807) is 30.3 Å². The van der Waals surface area contributed by atoms with Gasteiger partial charge in [-0.1, -0.05) is 18.2 Å². The normalized spacial score (nSPS) is 12.7. The molecule has 2 aromatic carbocycles. The van der Waals surface area contributed by atoms with Gasteiger partial charge in [0.2, 0.25) is 0 Å². The van der Waals surface area contributed by atoms with Crippen LogP contribution in [0.3, 0.4) is 0 Å². The Kier molecular flexibility index (Phi) is 2.87. The van der Waals surface area contributed by atoms with Crippen LogP contribution in [0.1, 0.15) is 16.5 Å². The number of rotatable bonds is 2. The average Bonchev–Trinajstić information content (AvgIpc) is 2.77. The van der Waals surface area contributed by atoms with Gasteiger partial charge >= 0.3 is 5.76 Å². The minimum atomic E-state index is -0.500. The quantitative estimate of drug-likeness (QED) is 0.728. The van der Waals surface area contributed by atoms with Gasteiger partial charge in [-0.15, -0.1) is 11.6 Å². The standard InChI is InChI=1S/C14H9ClFNO2/c15-13(8-1-4-10(16)5-2-8)9-3-6-11-12(7-9)19-14(18)17-11/h1-7,13H,(H,17,18). The molecule has 19 heavy (non-hydrogen) atoms. The second kappa shape index (κ2) is 4.55. The highest BCUT2D eigenvalue weighted by Gasteiger charge is 2.12. The molecule has 1 heterocycles. The summed E-state index contributed by atoms with van der Waals surface area (Å²) >= 11 is 6.34. The molecule has 0 amide bonds. The van der Waals surface area contributed by atoms with E-state index in [0.717, 1.165) is 11.1 Å². The Morgan fingerprint density at radius 3 is 2.53 bits per heavy atom. The van der Waals surface area contributed by atoms with Gasteiger partial charge in [0.1, 0.15) is 5.82 Å². The summed E-state index contributed by atoms with van der Waals surface area (Å²) in [5.74, 6) is -0.806. The number of fused-ring (bicyclic) bond motifs is 1. The summed E-state index contributed by atoms with van der Waals surface area (Å²) in [7, 11) is 0. The third kappa shape index (κ3) is 2.27. The predicted octanol–water partition coefficient (Wildman–Crippen LogP) is 3.59. The number of halogens is 2. The summed E-state index contributed by atoms with van der Waals surface area (Å²) in [6.45, 7) is 0. The van der Waals surface area contributed by atoms with Crippen molar-refractivity contribution in [3.05, 3.63) is 70.0 Å². The molecule has 5 heteroatoms. The highest BCUT2D eigenvalue weighted by atomic mass is 35.5. The molecule has 0 aliphatic carbocycles. The fourth-order valence-electron chi connectivity index (χ4n) is 1.94. The topological polar surface area (TPSA) is 46.0 Å². The van der Waals surface area contributed by atoms with E-state index >= 15 is 0 Å². The molecule has 1 N–H and O–H groups in total. The molecule has 0 saturated carbocycles. The van der Waals surface area contributed by atoms with Crippen LogP contribution in [0.25, 0.3) is 11.1 Å². The first-order valence-corrected chi connectivity index (χ1v) is 6.09. The number of benzene rings is 2. The average molecular weight is 278 g/mol. The Balaban J connectivity index is 2.03. The molecule has 3 rings (SSSR count). The van der Waals surface area contributed by atoms with Crippen molar-refractivity contribution >= 4 is 22.7 Å². The number of H-pyrrole nitrogens is 1. The molecule has 0 aliphatic rings. The van der Waals surface area contributed by atoms with Crippen LogP contribution < -0.4 is 5.76 Å². The van der Waals surface area contributed by atoms with Crippen molar-refractivity contribution in [1.82, 2.24) is 4.98 Å². The first kappa shape index (κ1) is 12.0. The van der Waals surface area contributed by atoms with E-state index in [1.165, 1.54) is 12.1 Å². The van der Waals surface area contributed by atoms with Crippen LogP contribution in [0.2, 0.25) is 0 Å². The zero-order chi connectivity index (χ0) is 13.4. The third-order valence-electron chi connectivity index (χ3n) is 2.90. The number of alkyl halides is 1. The van der Waals surface area contributed by atoms with Gasteiger partial charge in [-0.2, -0.15) is 0 Å². The molecule has 0 aliphatic heterocycles. The summed E-state index contributed by atoms with van der Waals surface area (Å²) in [6.07, 6.45) is 0. The van der Waals surface area contributed by atoms with E-state index in [-0.39, 0.29) is 5.82 Å². The molecule has 96 valence electrons. The number of aromatic nitrogens is 1. The maximum atomic E-state index is 12.9. The number of hydrogen-bond acceptors (Lipinski definition) is 2. The molecule has 3 nitrogen and oxygen atoms in total. The minimum absolute atomic E-state index is 0.306. The summed E-state index contributed by atoms with van der Waals surface area (Å²) in [4.78, 5) is 13.6. The van der Waals surface area contributed by atoms with Crippen molar-refractivity contribution in [1.29, 1.82) is 0 Å². The Morgan fingerprint density at radius 1 is 1.11 bits per heavy atom. The molecule has 1 atom stereocenters. The van der Waals surface area contributed by atoms with Gasteiger partial charge in [0, 0.05) is 0 Å². The monoisotopic (exact) mass is 277 g/mol. The summed E-state index contributed by atoms with van der Waals surface area (Å²) in [6, 6.07) is 11.2. The molecule has 0 saturated heterocycles. The summed E-state index contributed by atoms with van der Waals surface area (Å²) < 4.78 is 17.9. The van der Waals surface area contributed by atoms with Crippen molar-refractivity contribution in [2.45, 2.75) is 5.38 Å². The third-order valence-corrected chi connectivity index (χ3v) is 3.40. The first-order chi connectivity index (χ1) is 9.13. The molecule has 3 aromatic rings. The number of nitrogens with one attached hydrogen (secondary N) is 1. The van der Waals surface area contributed by atoms with Crippen LogP contribution in [0.5, 0.6) is 0 Å². The van der Waals surface area contributed by atoms with Gasteiger partial charge in [0.05, 0.1) is 10.9 Å². The van der Waals surface area contributed by atoms with E-state index in [2.05, 4.69) is 4.98 Å². The molecule has 1 aromatic heterocycles. The van der Waals surface area contributed by atoms with Crippen molar-refractivity contribution in [3.8, 4) is 0 Å². The van der Waals surface area contributed by atoms with Crippen LogP contribution in [0.4, 0.5) is 4.39 Å². The van der Waals surface area contributed by atoms with Crippen molar-refractivity contribution < 1.29 is 8.81 Å². The van der Waals surface area contributed by atoms with Crippen LogP contribution in [0, 0.1) is 5.82 Å². The zero-order valence-corrected chi connectivity index (χ0v) is 10.4. The maximum Gasteiger partial charge on any atom is 0.417 e. The second-order valence-electron chi connectivity index (χ2n) is 4.18. The zero-order valence-electron chi connectivity index (χ0n) is 9.69. The van der Waals surface area contributed by atoms with Gasteiger partial charge in [-0.3, -0.25) is 4.98 Å². The van der Waals surface area contributed by atoms with E-state index in [1.807, 2.05) is 0 Å². The number of aromatic amines is 1. The van der Waals surface area contributed by atoms with Crippen LogP contribution >= 0.6 is 11.6 Å². The van der Waals surface area contributed by atoms with Crippen LogP contribution in [0.15, 0.2) is 51.7 Å². The molecular formula is C14H9ClFNO2. The van der Waals surface area contributed by atoms with Gasteiger partial charge in [-0.05, 0) is 35.4 Å². The smallest absolute Gasteiger partial charge is 0.408 e. The van der Waals surface area contributed by atoms with Crippen molar-refractivity contribution in [2.75, 3.05) is 0 Å². The highest BCUT2D eigenvalue weighted by Crippen LogP contribution is 2.30. The lowest BCUT2D eigenvalue weighted by Crippen LogP contribution is -1.93. The largest absolute Gasteiger partial charge is 0.417 e. The first-order valence-electron chi connectivity index (χ1n) is 5.66. The molecule has 0 radical (unpaired) electrons. The van der Waals surface area contributed by atoms with Crippen molar-refractivity contribution in [2.24, 2.45) is 0 Å². The predicted molar refractivity (Wildman–Crippen MR) is 70.9 cm³/mol. The van der Waals surface area contributed by atoms with Gasteiger partial charge in [0.25, 0.3) is 0 Å². The fraction of sp³-hybridized carbons (Fsp3) is 0.0714. The van der Waals surface area contributed by atoms with E-state index < -0.39 is 11.1 Å². The molecule has 0 fully saturated rings. The molecule has 1 unspecified atom stereocenters. The lowest BCUT2D eigenvalue weighted by atomic mass is 10.0. The van der Waals surface area contributed by atoms with Gasteiger partial charge < -0.3 is 4.42 Å². The molecule has 0 spiro atoms. The van der Waals surface area contributed by atoms with Gasteiger partial charge in [0.15, 0.2) is 5.58 Å². The van der Waals surface area contributed by atoms with E-state index in [9.17, 15) is 9.18 Å². The minimum Gasteiger partial charge on any atom is -0.408 e. The summed E-state index contributed by atoms with van der Waals surface area (Å²) in [5, 5.41) is -0.426. The summed E-state index contributed by atoms with van der Waals surface area (Å²) in [5.41, 5.74) is 2.64. The Morgan fingerprint density at radius 2 is 1.79 bits per heavy atom. The number of hydrogen-bond donors (Lipinski definition) is 1. The van der Waals surface area contributed by atoms with E-state index in [4.69, 9.17) is 16.0 Å². The SMILES string of the molecule is O=c1[nH]c2ccc(C(Cl)c3ccc(F)cc3)cc2o1. The van der Waals surface area contributed by atoms with E-state index in [0.29, 0.717) is 11.1 Å². The van der Waals surface area contributed by atoms with Crippen LogP contribution in [-0.4, -0.2) is 4.98 Å². The Labute approximate surface area is 112 Å². The second-order valence-corrected chi connectivity index (χ2v) is 4.62. The Bertz CT molecular complexity index is 776. The highest BCUT2D eigenvalue weighted by molar-refractivity contribution is 6.22. The maximum absolute atomic E-state index is 12.9.